The Labute approximate surface area is 161 Å². The van der Waals surface area contributed by atoms with Crippen molar-refractivity contribution in [1.29, 1.82) is 0 Å². The van der Waals surface area contributed by atoms with Gasteiger partial charge in [0.2, 0.25) is 26.6 Å². The van der Waals surface area contributed by atoms with Crippen LogP contribution >= 0.6 is 23.2 Å². The number of anilines is 1. The van der Waals surface area contributed by atoms with E-state index in [1.54, 1.807) is 30.3 Å². The van der Waals surface area contributed by atoms with Gasteiger partial charge in [0.1, 0.15) is 0 Å². The number of oxazole rings is 1. The molecule has 5 nitrogen and oxygen atoms in total. The van der Waals surface area contributed by atoms with Gasteiger partial charge in [-0.25, -0.2) is 8.42 Å². The van der Waals surface area contributed by atoms with E-state index in [0.29, 0.717) is 22.2 Å². The van der Waals surface area contributed by atoms with E-state index in [9.17, 15) is 8.42 Å². The highest BCUT2D eigenvalue weighted by atomic mass is 35.5. The first-order chi connectivity index (χ1) is 12.4. The van der Waals surface area contributed by atoms with Gasteiger partial charge in [-0.2, -0.15) is 4.98 Å². The number of nitrogens with one attached hydrogen (secondary N) is 1. The lowest BCUT2D eigenvalue weighted by Gasteiger charge is -2.04. The number of halogens is 2. The van der Waals surface area contributed by atoms with Gasteiger partial charge in [0.05, 0.1) is 4.90 Å². The molecular weight excluding hydrogens is 395 g/mol. The maximum Gasteiger partial charge on any atom is 0.234 e. The first kappa shape index (κ1) is 18.5. The summed E-state index contributed by atoms with van der Waals surface area (Å²) in [5.74, 6) is 0.213. The maximum atomic E-state index is 13.0. The lowest BCUT2D eigenvalue weighted by Crippen LogP contribution is -2.07. The molecule has 0 aliphatic carbocycles. The van der Waals surface area contributed by atoms with E-state index in [-0.39, 0.29) is 21.7 Å². The van der Waals surface area contributed by atoms with Crippen LogP contribution in [0.15, 0.2) is 75.5 Å². The topological polar surface area (TPSA) is 72.2 Å². The lowest BCUT2D eigenvalue weighted by atomic mass is 10.2. The molecule has 134 valence electrons. The van der Waals surface area contributed by atoms with Crippen LogP contribution in [0.5, 0.6) is 0 Å². The van der Waals surface area contributed by atoms with Gasteiger partial charge in [-0.3, -0.25) is 0 Å². The summed E-state index contributed by atoms with van der Waals surface area (Å²) in [6.45, 7) is 3.92. The van der Waals surface area contributed by atoms with Gasteiger partial charge in [0, 0.05) is 22.2 Å². The maximum absolute atomic E-state index is 13.0. The Morgan fingerprint density at radius 2 is 1.62 bits per heavy atom. The molecule has 2 aromatic carbocycles. The van der Waals surface area contributed by atoms with Gasteiger partial charge in [0.25, 0.3) is 0 Å². The van der Waals surface area contributed by atoms with Gasteiger partial charge >= 0.3 is 0 Å². The smallest absolute Gasteiger partial charge is 0.234 e. The quantitative estimate of drug-likeness (QED) is 0.575. The average Bonchev–Trinajstić information content (AvgIpc) is 3.06. The van der Waals surface area contributed by atoms with Crippen molar-refractivity contribution < 1.29 is 12.8 Å². The van der Waals surface area contributed by atoms with Gasteiger partial charge in [-0.15, -0.1) is 6.58 Å². The molecule has 26 heavy (non-hydrogen) atoms. The second-order valence-corrected chi connectivity index (χ2v) is 8.02. The summed E-state index contributed by atoms with van der Waals surface area (Å²) in [7, 11) is -3.90. The number of hydrogen-bond acceptors (Lipinski definition) is 5. The van der Waals surface area contributed by atoms with Crippen molar-refractivity contribution in [2.24, 2.45) is 0 Å². The highest BCUT2D eigenvalue weighted by Gasteiger charge is 2.28. The highest BCUT2D eigenvalue weighted by molar-refractivity contribution is 7.91. The molecule has 8 heteroatoms. The van der Waals surface area contributed by atoms with Crippen LogP contribution in [0.3, 0.4) is 0 Å². The molecule has 1 heterocycles. The molecule has 1 N–H and O–H groups in total. The van der Waals surface area contributed by atoms with Gasteiger partial charge < -0.3 is 9.73 Å². The van der Waals surface area contributed by atoms with Crippen molar-refractivity contribution in [3.63, 3.8) is 0 Å². The molecule has 1 aromatic heterocycles. The summed E-state index contributed by atoms with van der Waals surface area (Å²) in [5.41, 5.74) is 0.605. The summed E-state index contributed by atoms with van der Waals surface area (Å²) < 4.78 is 31.6. The Morgan fingerprint density at radius 3 is 2.19 bits per heavy atom. The predicted octanol–water partition coefficient (Wildman–Crippen LogP) is 5.08. The van der Waals surface area contributed by atoms with Crippen LogP contribution in [0.1, 0.15) is 0 Å². The number of nitrogens with zero attached hydrogens (tertiary/aromatic N) is 1. The molecule has 0 amide bonds. The fourth-order valence-corrected chi connectivity index (χ4v) is 3.74. The van der Waals surface area contributed by atoms with Crippen LogP contribution in [-0.4, -0.2) is 19.9 Å². The summed E-state index contributed by atoms with van der Waals surface area (Å²) >= 11 is 11.7. The fraction of sp³-hybridized carbons (Fsp3) is 0.0556. The van der Waals surface area contributed by atoms with E-state index in [1.807, 2.05) is 0 Å². The van der Waals surface area contributed by atoms with E-state index in [4.69, 9.17) is 27.6 Å². The molecule has 0 saturated carbocycles. The third-order valence-corrected chi connectivity index (χ3v) is 5.66. The number of sulfone groups is 1. The van der Waals surface area contributed by atoms with Gasteiger partial charge in [0.15, 0.2) is 0 Å². The molecule has 3 aromatic rings. The monoisotopic (exact) mass is 408 g/mol. The first-order valence-electron chi connectivity index (χ1n) is 7.54. The Balaban J connectivity index is 2.10. The molecule has 0 spiro atoms. The third kappa shape index (κ3) is 3.77. The summed E-state index contributed by atoms with van der Waals surface area (Å²) in [6.07, 6.45) is 1.59. The molecule has 0 saturated heterocycles. The van der Waals surface area contributed by atoms with Crippen LogP contribution in [0, 0.1) is 0 Å². The Morgan fingerprint density at radius 1 is 1.04 bits per heavy atom. The minimum atomic E-state index is -3.90. The van der Waals surface area contributed by atoms with E-state index in [0.717, 1.165) is 0 Å². The van der Waals surface area contributed by atoms with Crippen molar-refractivity contribution in [2.45, 2.75) is 9.92 Å². The zero-order chi connectivity index (χ0) is 18.7. The van der Waals surface area contributed by atoms with E-state index < -0.39 is 9.84 Å². The standard InChI is InChI=1S/C18H14Cl2N2O3S/c1-2-11-21-17-18(26(23,24)15-9-7-14(20)8-10-15)22-16(25-17)12-3-5-13(19)6-4-12/h2-10,21H,1,11H2. The van der Waals surface area contributed by atoms with Crippen LogP contribution < -0.4 is 5.32 Å². The Hall–Kier alpha value is -2.28. The number of rotatable bonds is 6. The normalized spacial score (nSPS) is 11.3. The largest absolute Gasteiger partial charge is 0.419 e. The minimum Gasteiger partial charge on any atom is -0.419 e. The molecule has 0 bridgehead atoms. The average molecular weight is 409 g/mol. The number of benzene rings is 2. The van der Waals surface area contributed by atoms with Crippen LogP contribution in [0.25, 0.3) is 11.5 Å². The van der Waals surface area contributed by atoms with Crippen molar-refractivity contribution in [1.82, 2.24) is 4.98 Å². The molecule has 3 rings (SSSR count). The second-order valence-electron chi connectivity index (χ2n) is 5.29. The van der Waals surface area contributed by atoms with E-state index >= 15 is 0 Å². The Kier molecular flexibility index (Phi) is 5.36. The number of hydrogen-bond donors (Lipinski definition) is 1. The molecule has 0 atom stereocenters. The molecule has 0 fully saturated rings. The summed E-state index contributed by atoms with van der Waals surface area (Å²) in [4.78, 5) is 4.28. The molecule has 0 aliphatic heterocycles. The molecule has 0 unspecified atom stereocenters. The Bertz CT molecular complexity index is 1030. The second kappa shape index (κ2) is 7.53. The number of aromatic nitrogens is 1. The minimum absolute atomic E-state index is 0.0461. The van der Waals surface area contributed by atoms with Crippen LogP contribution in [0.2, 0.25) is 10.0 Å². The highest BCUT2D eigenvalue weighted by Crippen LogP contribution is 2.33. The third-order valence-electron chi connectivity index (χ3n) is 3.47. The van der Waals surface area contributed by atoms with Crippen molar-refractivity contribution in [2.75, 3.05) is 11.9 Å². The zero-order valence-electron chi connectivity index (χ0n) is 13.4. The van der Waals surface area contributed by atoms with Crippen LogP contribution in [-0.2, 0) is 9.84 Å². The van der Waals surface area contributed by atoms with E-state index in [1.165, 1.54) is 24.3 Å². The van der Waals surface area contributed by atoms with Crippen molar-refractivity contribution >= 4 is 38.9 Å². The predicted molar refractivity (Wildman–Crippen MR) is 103 cm³/mol. The van der Waals surface area contributed by atoms with Crippen molar-refractivity contribution in [3.8, 4) is 11.5 Å². The summed E-state index contributed by atoms with van der Waals surface area (Å²) in [5, 5.41) is 3.67. The van der Waals surface area contributed by atoms with Gasteiger partial charge in [-0.05, 0) is 48.5 Å². The van der Waals surface area contributed by atoms with Gasteiger partial charge in [-0.1, -0.05) is 29.3 Å². The zero-order valence-corrected chi connectivity index (χ0v) is 15.8. The molecule has 0 radical (unpaired) electrons. The molecular formula is C18H14Cl2N2O3S. The first-order valence-corrected chi connectivity index (χ1v) is 9.78. The van der Waals surface area contributed by atoms with Crippen LogP contribution in [0.4, 0.5) is 5.88 Å². The lowest BCUT2D eigenvalue weighted by molar-refractivity contribution is 0.579. The SMILES string of the molecule is C=CCNc1oc(-c2ccc(Cl)cc2)nc1S(=O)(=O)c1ccc(Cl)cc1. The van der Waals surface area contributed by atoms with Crippen molar-refractivity contribution in [3.05, 3.63) is 71.2 Å². The summed E-state index contributed by atoms with van der Waals surface area (Å²) in [6, 6.07) is 12.6. The fourth-order valence-electron chi connectivity index (χ4n) is 2.21. The van der Waals surface area contributed by atoms with E-state index in [2.05, 4.69) is 16.9 Å². The molecule has 0 aliphatic rings.